The van der Waals surface area contributed by atoms with Crippen LogP contribution >= 0.6 is 0 Å². The Bertz CT molecular complexity index is 496. The van der Waals surface area contributed by atoms with Gasteiger partial charge in [0.15, 0.2) is 0 Å². The average molecular weight is 237 g/mol. The first-order valence-corrected chi connectivity index (χ1v) is 5.38. The second-order valence-electron chi connectivity index (χ2n) is 4.15. The predicted molar refractivity (Wildman–Crippen MR) is 54.3 cm³/mol. The average Bonchev–Trinajstić information content (AvgIpc) is 2.89. The largest absolute Gasteiger partial charge is 0.481 e. The molecule has 3 heterocycles. The lowest BCUT2D eigenvalue weighted by Gasteiger charge is -2.10. The molecule has 2 N–H and O–H groups in total. The molecule has 7 nitrogen and oxygen atoms in total. The molecule has 2 unspecified atom stereocenters. The number of aromatic nitrogens is 2. The normalized spacial score (nSPS) is 26.5. The molecule has 1 aromatic rings. The topological polar surface area (TPSA) is 93.4 Å². The number of carboxylic acid groups (broad SMARTS) is 1. The van der Waals surface area contributed by atoms with Gasteiger partial charge in [-0.1, -0.05) is 0 Å². The summed E-state index contributed by atoms with van der Waals surface area (Å²) in [4.78, 5) is 26.4. The predicted octanol–water partition coefficient (Wildman–Crippen LogP) is -0.463. The Morgan fingerprint density at radius 2 is 2.47 bits per heavy atom. The minimum absolute atomic E-state index is 0.263. The summed E-state index contributed by atoms with van der Waals surface area (Å²) in [5.41, 5.74) is 0.814. The molecule has 2 atom stereocenters. The maximum absolute atomic E-state index is 11.5. The summed E-state index contributed by atoms with van der Waals surface area (Å²) >= 11 is 0. The van der Waals surface area contributed by atoms with Gasteiger partial charge in [0.2, 0.25) is 5.91 Å². The lowest BCUT2D eigenvalue weighted by atomic mass is 10.0. The van der Waals surface area contributed by atoms with Crippen LogP contribution in [-0.2, 0) is 16.1 Å². The molecule has 2 aliphatic rings. The van der Waals surface area contributed by atoms with E-state index in [0.29, 0.717) is 19.2 Å². The van der Waals surface area contributed by atoms with E-state index in [1.54, 1.807) is 6.20 Å². The van der Waals surface area contributed by atoms with Gasteiger partial charge >= 0.3 is 5.97 Å². The number of rotatable bonds is 2. The molecule has 0 aliphatic carbocycles. The highest BCUT2D eigenvalue weighted by Gasteiger charge is 2.39. The molecule has 0 radical (unpaired) electrons. The van der Waals surface area contributed by atoms with Gasteiger partial charge in [-0.25, -0.2) is 4.98 Å². The monoisotopic (exact) mass is 237 g/mol. The van der Waals surface area contributed by atoms with E-state index in [0.717, 1.165) is 5.69 Å². The first-order chi connectivity index (χ1) is 8.16. The second-order valence-corrected chi connectivity index (χ2v) is 4.15. The summed E-state index contributed by atoms with van der Waals surface area (Å²) in [6, 6.07) is 0.250. The Morgan fingerprint density at radius 3 is 3.18 bits per heavy atom. The summed E-state index contributed by atoms with van der Waals surface area (Å²) < 4.78 is 7.13. The van der Waals surface area contributed by atoms with Crippen molar-refractivity contribution >= 4 is 11.9 Å². The molecule has 1 amide bonds. The van der Waals surface area contributed by atoms with E-state index in [9.17, 15) is 9.59 Å². The van der Waals surface area contributed by atoms with Crippen molar-refractivity contribution in [2.24, 2.45) is 5.92 Å². The quantitative estimate of drug-likeness (QED) is 0.679. The van der Waals surface area contributed by atoms with Crippen LogP contribution in [0, 0.1) is 5.92 Å². The van der Waals surface area contributed by atoms with E-state index in [1.807, 2.05) is 4.57 Å². The van der Waals surface area contributed by atoms with E-state index < -0.39 is 17.8 Å². The van der Waals surface area contributed by atoms with Crippen molar-refractivity contribution in [1.82, 2.24) is 14.9 Å². The van der Waals surface area contributed by atoms with Crippen molar-refractivity contribution in [1.29, 1.82) is 0 Å². The molecule has 0 aromatic carbocycles. The van der Waals surface area contributed by atoms with Crippen LogP contribution in [-0.4, -0.2) is 33.1 Å². The first-order valence-electron chi connectivity index (χ1n) is 5.38. The Balaban J connectivity index is 1.87. The second kappa shape index (κ2) is 3.47. The van der Waals surface area contributed by atoms with Gasteiger partial charge in [0.05, 0.1) is 24.5 Å². The van der Waals surface area contributed by atoms with Crippen LogP contribution in [0.2, 0.25) is 0 Å². The van der Waals surface area contributed by atoms with E-state index in [2.05, 4.69) is 10.3 Å². The smallest absolute Gasteiger partial charge is 0.316 e. The molecule has 7 heteroatoms. The number of nitrogens with one attached hydrogen (secondary N) is 1. The first kappa shape index (κ1) is 10.1. The summed E-state index contributed by atoms with van der Waals surface area (Å²) in [7, 11) is 0. The third-order valence-corrected chi connectivity index (χ3v) is 3.16. The number of hydrogen-bond donors (Lipinski definition) is 2. The number of hydrogen-bond acceptors (Lipinski definition) is 4. The highest BCUT2D eigenvalue weighted by Crippen LogP contribution is 2.31. The molecule has 1 saturated heterocycles. The van der Waals surface area contributed by atoms with Crippen LogP contribution in [0.25, 0.3) is 0 Å². The van der Waals surface area contributed by atoms with E-state index >= 15 is 0 Å². The van der Waals surface area contributed by atoms with Crippen molar-refractivity contribution < 1.29 is 19.4 Å². The van der Waals surface area contributed by atoms with Gasteiger partial charge in [0.1, 0.15) is 12.5 Å². The number of carboxylic acids is 1. The number of imidazole rings is 1. The number of fused-ring (bicyclic) bond motifs is 1. The number of carbonyl (C=O) groups excluding carboxylic acids is 1. The summed E-state index contributed by atoms with van der Waals surface area (Å²) in [6.45, 7) is 1.26. The molecule has 1 fully saturated rings. The SMILES string of the molecule is O=C(O)C1CC(c2cnc3n2CCO3)NC1=O. The fourth-order valence-corrected chi connectivity index (χ4v) is 2.30. The van der Waals surface area contributed by atoms with Gasteiger partial charge in [0, 0.05) is 0 Å². The van der Waals surface area contributed by atoms with Gasteiger partial charge in [-0.2, -0.15) is 0 Å². The lowest BCUT2D eigenvalue weighted by molar-refractivity contribution is -0.145. The molecule has 90 valence electrons. The fraction of sp³-hybridized carbons (Fsp3) is 0.500. The van der Waals surface area contributed by atoms with Crippen LogP contribution in [0.1, 0.15) is 18.2 Å². The molecule has 0 saturated carbocycles. The van der Waals surface area contributed by atoms with Crippen LogP contribution in [0.15, 0.2) is 6.20 Å². The Labute approximate surface area is 96.4 Å². The molecule has 0 bridgehead atoms. The van der Waals surface area contributed by atoms with E-state index in [4.69, 9.17) is 9.84 Å². The van der Waals surface area contributed by atoms with Crippen molar-refractivity contribution in [2.75, 3.05) is 6.61 Å². The molecule has 3 rings (SSSR count). The van der Waals surface area contributed by atoms with E-state index in [-0.39, 0.29) is 12.5 Å². The summed E-state index contributed by atoms with van der Waals surface area (Å²) in [5, 5.41) is 11.6. The van der Waals surface area contributed by atoms with Crippen LogP contribution in [0.3, 0.4) is 0 Å². The van der Waals surface area contributed by atoms with Crippen molar-refractivity contribution in [2.45, 2.75) is 19.0 Å². The molecule has 0 spiro atoms. The van der Waals surface area contributed by atoms with Crippen molar-refractivity contribution in [3.8, 4) is 6.01 Å². The fourth-order valence-electron chi connectivity index (χ4n) is 2.30. The molecular weight excluding hydrogens is 226 g/mol. The number of ether oxygens (including phenoxy) is 1. The number of nitrogens with zero attached hydrogens (tertiary/aromatic N) is 2. The Kier molecular flexibility index (Phi) is 2.07. The third kappa shape index (κ3) is 1.46. The van der Waals surface area contributed by atoms with Crippen molar-refractivity contribution in [3.05, 3.63) is 11.9 Å². The zero-order chi connectivity index (χ0) is 12.0. The highest BCUT2D eigenvalue weighted by molar-refractivity contribution is 5.98. The molecule has 2 aliphatic heterocycles. The molecular formula is C10H11N3O4. The maximum Gasteiger partial charge on any atom is 0.316 e. The Hall–Kier alpha value is -2.05. The number of aliphatic carboxylic acids is 1. The van der Waals surface area contributed by atoms with Gasteiger partial charge in [-0.05, 0) is 6.42 Å². The maximum atomic E-state index is 11.5. The van der Waals surface area contributed by atoms with E-state index in [1.165, 1.54) is 0 Å². The van der Waals surface area contributed by atoms with Crippen LogP contribution in [0.4, 0.5) is 0 Å². The van der Waals surface area contributed by atoms with Crippen molar-refractivity contribution in [3.63, 3.8) is 0 Å². The zero-order valence-electron chi connectivity index (χ0n) is 8.92. The summed E-state index contributed by atoms with van der Waals surface area (Å²) in [6.07, 6.45) is 1.89. The van der Waals surface area contributed by atoms with Gasteiger partial charge in [-0.3, -0.25) is 14.2 Å². The van der Waals surface area contributed by atoms with Gasteiger partial charge in [0.25, 0.3) is 6.01 Å². The Morgan fingerprint density at radius 1 is 1.65 bits per heavy atom. The van der Waals surface area contributed by atoms with Gasteiger partial charge in [-0.15, -0.1) is 0 Å². The number of carbonyl (C=O) groups is 2. The highest BCUT2D eigenvalue weighted by atomic mass is 16.5. The summed E-state index contributed by atoms with van der Waals surface area (Å²) in [5.74, 6) is -2.48. The zero-order valence-corrected chi connectivity index (χ0v) is 8.92. The molecule has 17 heavy (non-hydrogen) atoms. The minimum atomic E-state index is -1.08. The standard InChI is InChI=1S/C10H11N3O4/c14-8-5(9(15)16)3-6(12-8)7-4-11-10-13(7)1-2-17-10/h4-6H,1-3H2,(H,12,14)(H,15,16). The number of amides is 1. The lowest BCUT2D eigenvalue weighted by Crippen LogP contribution is -2.26. The van der Waals surface area contributed by atoms with Gasteiger partial charge < -0.3 is 15.2 Å². The minimum Gasteiger partial charge on any atom is -0.481 e. The van der Waals surface area contributed by atoms with Crippen LogP contribution in [0.5, 0.6) is 6.01 Å². The molecule has 1 aromatic heterocycles. The van der Waals surface area contributed by atoms with Crippen LogP contribution < -0.4 is 10.1 Å². The third-order valence-electron chi connectivity index (χ3n) is 3.16.